The van der Waals surface area contributed by atoms with Crippen molar-refractivity contribution in [1.29, 1.82) is 0 Å². The number of nitrogens with one attached hydrogen (secondary N) is 1. The molecule has 0 fully saturated rings. The Morgan fingerprint density at radius 3 is 2.80 bits per heavy atom. The molecule has 0 atom stereocenters. The molecule has 0 saturated carbocycles. The van der Waals surface area contributed by atoms with Gasteiger partial charge in [-0.2, -0.15) is 0 Å². The number of aryl methyl sites for hydroxylation is 1. The first-order valence-electron chi connectivity index (χ1n) is 9.90. The van der Waals surface area contributed by atoms with Crippen LogP contribution in [0.25, 0.3) is 11.1 Å². The van der Waals surface area contributed by atoms with Crippen molar-refractivity contribution in [2.75, 3.05) is 21.9 Å². The van der Waals surface area contributed by atoms with Gasteiger partial charge in [-0.05, 0) is 55.2 Å². The highest BCUT2D eigenvalue weighted by atomic mass is 32.2. The molecule has 0 aliphatic carbocycles. The molecule has 1 amide bonds. The fourth-order valence-corrected chi connectivity index (χ4v) is 5.43. The zero-order chi connectivity index (χ0) is 21.3. The lowest BCUT2D eigenvalue weighted by Crippen LogP contribution is -2.37. The van der Waals surface area contributed by atoms with Crippen LogP contribution in [0.4, 0.5) is 11.4 Å². The van der Waals surface area contributed by atoms with Crippen molar-refractivity contribution < 1.29 is 17.6 Å². The summed E-state index contributed by atoms with van der Waals surface area (Å²) >= 11 is 0. The van der Waals surface area contributed by atoms with E-state index in [-0.39, 0.29) is 18.2 Å². The Balaban J connectivity index is 1.54. The van der Waals surface area contributed by atoms with E-state index in [2.05, 4.69) is 5.32 Å². The molecule has 0 saturated heterocycles. The molecule has 3 aromatic rings. The second-order valence-corrected chi connectivity index (χ2v) is 9.32. The Morgan fingerprint density at radius 2 is 2.00 bits per heavy atom. The first-order valence-corrected chi connectivity index (χ1v) is 11.5. The molecule has 4 rings (SSSR count). The monoisotopic (exact) mass is 429 g/mol. The third-order valence-corrected chi connectivity index (χ3v) is 7.09. The van der Waals surface area contributed by atoms with Crippen LogP contribution < -0.4 is 15.4 Å². The number of hydrogen-bond donors (Lipinski definition) is 1. The van der Waals surface area contributed by atoms with Gasteiger partial charge in [-0.1, -0.05) is 19.1 Å². The Bertz CT molecular complexity index is 1260. The number of nitrogens with zero attached hydrogens (tertiary/aromatic N) is 2. The normalized spacial score (nSPS) is 14.0. The molecule has 0 bridgehead atoms. The Kier molecular flexibility index (Phi) is 5.38. The van der Waals surface area contributed by atoms with E-state index in [1.54, 1.807) is 42.5 Å². The van der Waals surface area contributed by atoms with Crippen LogP contribution >= 0.6 is 0 Å². The third-order valence-electron chi connectivity index (χ3n) is 5.11. The zero-order valence-electron chi connectivity index (χ0n) is 16.6. The van der Waals surface area contributed by atoms with Crippen LogP contribution in [0.15, 0.2) is 51.7 Å². The minimum absolute atomic E-state index is 0.109. The van der Waals surface area contributed by atoms with E-state index >= 15 is 0 Å². The third kappa shape index (κ3) is 3.85. The van der Waals surface area contributed by atoms with Crippen molar-refractivity contribution in [3.05, 3.63) is 58.6 Å². The standard InChI is InChI=1S/C21H23N3O5S/c1-2-12-30(27,28)24-11-5-6-15-13-16(9-10-17(15)24)22-20(25)14-23-18-7-3-4-8-19(18)29-21(23)26/h3-4,7-10,13H,2,5-6,11-12,14H2,1H3,(H,22,25). The van der Waals surface area contributed by atoms with Gasteiger partial charge in [0.25, 0.3) is 0 Å². The molecule has 9 heteroatoms. The summed E-state index contributed by atoms with van der Waals surface area (Å²) in [6, 6.07) is 12.1. The number of aromatic nitrogens is 1. The van der Waals surface area contributed by atoms with Crippen LogP contribution in [-0.4, -0.2) is 31.2 Å². The number of sulfonamides is 1. The summed E-state index contributed by atoms with van der Waals surface area (Å²) in [4.78, 5) is 24.6. The minimum Gasteiger partial charge on any atom is -0.408 e. The molecule has 1 N–H and O–H groups in total. The largest absolute Gasteiger partial charge is 0.420 e. The van der Waals surface area contributed by atoms with E-state index < -0.39 is 15.8 Å². The molecule has 1 aliphatic heterocycles. The average molecular weight is 429 g/mol. The maximum atomic E-state index is 12.5. The summed E-state index contributed by atoms with van der Waals surface area (Å²) in [5.74, 6) is -0.846. The molecule has 0 spiro atoms. The summed E-state index contributed by atoms with van der Waals surface area (Å²) in [7, 11) is -3.35. The van der Waals surface area contributed by atoms with Gasteiger partial charge in [0.1, 0.15) is 6.54 Å². The fraction of sp³-hybridized carbons (Fsp3) is 0.333. The molecule has 1 aromatic heterocycles. The molecular formula is C21H23N3O5S. The van der Waals surface area contributed by atoms with E-state index in [0.29, 0.717) is 35.4 Å². The number of anilines is 2. The SMILES string of the molecule is CCCS(=O)(=O)N1CCCc2cc(NC(=O)Cn3c(=O)oc4ccccc43)ccc21. The van der Waals surface area contributed by atoms with Crippen molar-refractivity contribution in [3.63, 3.8) is 0 Å². The summed E-state index contributed by atoms with van der Waals surface area (Å²) in [5, 5.41) is 2.79. The number of para-hydroxylation sites is 2. The highest BCUT2D eigenvalue weighted by molar-refractivity contribution is 7.92. The van der Waals surface area contributed by atoms with Crippen LogP contribution in [0.2, 0.25) is 0 Å². The number of oxazole rings is 1. The lowest BCUT2D eigenvalue weighted by Gasteiger charge is -2.30. The Labute approximate surface area is 174 Å². The predicted octanol–water partition coefficient (Wildman–Crippen LogP) is 2.73. The van der Waals surface area contributed by atoms with Gasteiger partial charge in [-0.25, -0.2) is 13.2 Å². The van der Waals surface area contributed by atoms with Crippen LogP contribution in [0.3, 0.4) is 0 Å². The number of hydrogen-bond acceptors (Lipinski definition) is 5. The van der Waals surface area contributed by atoms with Crippen molar-refractivity contribution in [2.24, 2.45) is 0 Å². The molecule has 30 heavy (non-hydrogen) atoms. The molecule has 8 nitrogen and oxygen atoms in total. The summed E-state index contributed by atoms with van der Waals surface area (Å²) in [6.07, 6.45) is 2.02. The van der Waals surface area contributed by atoms with Gasteiger partial charge in [0, 0.05) is 12.2 Å². The lowest BCUT2D eigenvalue weighted by molar-refractivity contribution is -0.116. The second kappa shape index (κ2) is 7.98. The van der Waals surface area contributed by atoms with Gasteiger partial charge >= 0.3 is 5.76 Å². The molecule has 0 radical (unpaired) electrons. The highest BCUT2D eigenvalue weighted by Crippen LogP contribution is 2.32. The zero-order valence-corrected chi connectivity index (χ0v) is 17.4. The van der Waals surface area contributed by atoms with Crippen molar-refractivity contribution >= 4 is 38.4 Å². The Morgan fingerprint density at radius 1 is 1.20 bits per heavy atom. The van der Waals surface area contributed by atoms with Crippen LogP contribution in [-0.2, 0) is 27.8 Å². The number of rotatable bonds is 6. The molecule has 2 heterocycles. The van der Waals surface area contributed by atoms with E-state index in [1.165, 1.54) is 8.87 Å². The summed E-state index contributed by atoms with van der Waals surface area (Å²) < 4.78 is 33.0. The minimum atomic E-state index is -3.35. The van der Waals surface area contributed by atoms with Crippen molar-refractivity contribution in [2.45, 2.75) is 32.7 Å². The summed E-state index contributed by atoms with van der Waals surface area (Å²) in [5.41, 5.74) is 3.10. The average Bonchev–Trinajstić information content (AvgIpc) is 3.02. The number of carbonyl (C=O) groups excluding carboxylic acids is 1. The quantitative estimate of drug-likeness (QED) is 0.649. The number of carbonyl (C=O) groups is 1. The molecule has 158 valence electrons. The second-order valence-electron chi connectivity index (χ2n) is 7.31. The highest BCUT2D eigenvalue weighted by Gasteiger charge is 2.27. The van der Waals surface area contributed by atoms with E-state index in [4.69, 9.17) is 4.42 Å². The first kappa shape index (κ1) is 20.2. The molecule has 0 unspecified atom stereocenters. The summed E-state index contributed by atoms with van der Waals surface area (Å²) in [6.45, 7) is 2.14. The molecular weight excluding hydrogens is 406 g/mol. The maximum absolute atomic E-state index is 12.5. The van der Waals surface area contributed by atoms with Crippen LogP contribution in [0.5, 0.6) is 0 Å². The molecule has 2 aromatic carbocycles. The first-order chi connectivity index (χ1) is 14.4. The predicted molar refractivity (Wildman–Crippen MR) is 115 cm³/mol. The number of amides is 1. The van der Waals surface area contributed by atoms with E-state index in [1.807, 2.05) is 6.92 Å². The number of fused-ring (bicyclic) bond motifs is 2. The van der Waals surface area contributed by atoms with Crippen LogP contribution in [0.1, 0.15) is 25.3 Å². The van der Waals surface area contributed by atoms with Gasteiger partial charge in [0.05, 0.1) is 17.0 Å². The van der Waals surface area contributed by atoms with E-state index in [9.17, 15) is 18.0 Å². The Hall–Kier alpha value is -3.07. The topological polar surface area (TPSA) is 102 Å². The maximum Gasteiger partial charge on any atom is 0.420 e. The van der Waals surface area contributed by atoms with E-state index in [0.717, 1.165) is 18.4 Å². The van der Waals surface area contributed by atoms with Gasteiger partial charge in [0.2, 0.25) is 15.9 Å². The number of benzene rings is 2. The lowest BCUT2D eigenvalue weighted by atomic mass is 10.0. The van der Waals surface area contributed by atoms with Crippen molar-refractivity contribution in [1.82, 2.24) is 4.57 Å². The van der Waals surface area contributed by atoms with Gasteiger partial charge in [0.15, 0.2) is 5.58 Å². The molecule has 1 aliphatic rings. The smallest absolute Gasteiger partial charge is 0.408 e. The van der Waals surface area contributed by atoms with Crippen LogP contribution in [0, 0.1) is 0 Å². The van der Waals surface area contributed by atoms with Gasteiger partial charge in [-0.15, -0.1) is 0 Å². The fourth-order valence-electron chi connectivity index (χ4n) is 3.81. The van der Waals surface area contributed by atoms with Crippen molar-refractivity contribution in [3.8, 4) is 0 Å². The van der Waals surface area contributed by atoms with Gasteiger partial charge < -0.3 is 9.73 Å². The van der Waals surface area contributed by atoms with Gasteiger partial charge in [-0.3, -0.25) is 13.7 Å².